The fourth-order valence-corrected chi connectivity index (χ4v) is 3.16. The molecule has 1 N–H and O–H groups in total. The standard InChI is InChI=1S/C19H17BrN2O2/c1-2-11-22-12-5-6-14-9-10-15(13-18(14)22)24-19(23)21-17-8-4-3-7-16(17)20/h1,3-4,7-10,13H,5-6,11-12H2,(H,21,23). The second-order valence-corrected chi connectivity index (χ2v) is 6.37. The van der Waals surface area contributed by atoms with E-state index >= 15 is 0 Å². The van der Waals surface area contributed by atoms with Crippen LogP contribution in [0.15, 0.2) is 46.9 Å². The first kappa shape index (κ1) is 16.4. The largest absolute Gasteiger partial charge is 0.417 e. The quantitative estimate of drug-likeness (QED) is 0.794. The molecule has 0 aromatic heterocycles. The normalized spacial score (nSPS) is 12.9. The van der Waals surface area contributed by atoms with Gasteiger partial charge in [-0.15, -0.1) is 6.42 Å². The van der Waals surface area contributed by atoms with Gasteiger partial charge in [-0.05, 0) is 52.5 Å². The van der Waals surface area contributed by atoms with Gasteiger partial charge in [0.25, 0.3) is 0 Å². The monoisotopic (exact) mass is 384 g/mol. The number of terminal acetylenes is 1. The molecule has 1 amide bonds. The zero-order chi connectivity index (χ0) is 16.9. The Morgan fingerprint density at radius 1 is 1.33 bits per heavy atom. The van der Waals surface area contributed by atoms with Gasteiger partial charge in [-0.1, -0.05) is 24.1 Å². The lowest BCUT2D eigenvalue weighted by Crippen LogP contribution is -2.29. The number of carbonyl (C=O) groups excluding carboxylic acids is 1. The highest BCUT2D eigenvalue weighted by atomic mass is 79.9. The molecule has 1 aliphatic rings. The molecule has 122 valence electrons. The van der Waals surface area contributed by atoms with Gasteiger partial charge in [0.15, 0.2) is 0 Å². The maximum Gasteiger partial charge on any atom is 0.417 e. The van der Waals surface area contributed by atoms with Gasteiger partial charge in [0.05, 0.1) is 12.2 Å². The summed E-state index contributed by atoms with van der Waals surface area (Å²) >= 11 is 3.39. The van der Waals surface area contributed by atoms with Crippen LogP contribution in [0.2, 0.25) is 0 Å². The van der Waals surface area contributed by atoms with Gasteiger partial charge in [-0.2, -0.15) is 0 Å². The van der Waals surface area contributed by atoms with E-state index in [1.54, 1.807) is 6.07 Å². The van der Waals surface area contributed by atoms with Crippen LogP contribution < -0.4 is 15.0 Å². The summed E-state index contributed by atoms with van der Waals surface area (Å²) in [7, 11) is 0. The van der Waals surface area contributed by atoms with Crippen LogP contribution in [0.1, 0.15) is 12.0 Å². The molecular weight excluding hydrogens is 368 g/mol. The Morgan fingerprint density at radius 2 is 2.17 bits per heavy atom. The van der Waals surface area contributed by atoms with Crippen molar-refractivity contribution in [3.63, 3.8) is 0 Å². The number of amides is 1. The third-order valence-corrected chi connectivity index (χ3v) is 4.57. The lowest BCUT2D eigenvalue weighted by atomic mass is 10.0. The molecular formula is C19H17BrN2O2. The van der Waals surface area contributed by atoms with Crippen molar-refractivity contribution >= 4 is 33.4 Å². The van der Waals surface area contributed by atoms with Crippen molar-refractivity contribution in [1.29, 1.82) is 0 Å². The van der Waals surface area contributed by atoms with Crippen molar-refractivity contribution in [3.05, 3.63) is 52.5 Å². The fraction of sp³-hybridized carbons (Fsp3) is 0.211. The molecule has 2 aromatic carbocycles. The number of ether oxygens (including phenoxy) is 1. The third-order valence-electron chi connectivity index (χ3n) is 3.87. The van der Waals surface area contributed by atoms with Crippen LogP contribution in [0.3, 0.4) is 0 Å². The minimum atomic E-state index is -0.527. The number of hydrogen-bond acceptors (Lipinski definition) is 3. The van der Waals surface area contributed by atoms with Gasteiger partial charge in [0, 0.05) is 22.8 Å². The average Bonchev–Trinajstić information content (AvgIpc) is 2.58. The van der Waals surface area contributed by atoms with Crippen molar-refractivity contribution < 1.29 is 9.53 Å². The molecule has 24 heavy (non-hydrogen) atoms. The number of fused-ring (bicyclic) bond motifs is 1. The molecule has 5 heteroatoms. The molecule has 0 saturated carbocycles. The second kappa shape index (κ2) is 7.41. The lowest BCUT2D eigenvalue weighted by molar-refractivity contribution is 0.215. The summed E-state index contributed by atoms with van der Waals surface area (Å²) in [6, 6.07) is 13.1. The highest BCUT2D eigenvalue weighted by Gasteiger charge is 2.17. The Balaban J connectivity index is 1.74. The second-order valence-electron chi connectivity index (χ2n) is 5.51. The highest BCUT2D eigenvalue weighted by Crippen LogP contribution is 2.31. The minimum absolute atomic E-state index is 0.502. The van der Waals surface area contributed by atoms with Gasteiger partial charge in [0.2, 0.25) is 0 Å². The molecule has 0 radical (unpaired) electrons. The van der Waals surface area contributed by atoms with Crippen molar-refractivity contribution in [3.8, 4) is 18.1 Å². The third kappa shape index (κ3) is 3.72. The van der Waals surface area contributed by atoms with Crippen LogP contribution in [-0.4, -0.2) is 19.2 Å². The molecule has 0 aliphatic carbocycles. The van der Waals surface area contributed by atoms with Gasteiger partial charge in [-0.3, -0.25) is 5.32 Å². The molecule has 0 fully saturated rings. The zero-order valence-corrected chi connectivity index (χ0v) is 14.7. The molecule has 4 nitrogen and oxygen atoms in total. The van der Waals surface area contributed by atoms with E-state index in [1.807, 2.05) is 36.4 Å². The van der Waals surface area contributed by atoms with E-state index in [2.05, 4.69) is 32.1 Å². The molecule has 0 bridgehead atoms. The first-order chi connectivity index (χ1) is 11.7. The summed E-state index contributed by atoms with van der Waals surface area (Å²) in [4.78, 5) is 14.2. The van der Waals surface area contributed by atoms with Crippen molar-refractivity contribution in [2.75, 3.05) is 23.3 Å². The number of halogens is 1. The smallest absolute Gasteiger partial charge is 0.410 e. The molecule has 0 unspecified atom stereocenters. The number of nitrogens with one attached hydrogen (secondary N) is 1. The van der Waals surface area contributed by atoms with Gasteiger partial charge >= 0.3 is 6.09 Å². The van der Waals surface area contributed by atoms with Crippen molar-refractivity contribution in [2.24, 2.45) is 0 Å². The summed E-state index contributed by atoms with van der Waals surface area (Å²) in [6.45, 7) is 1.48. The van der Waals surface area contributed by atoms with E-state index in [1.165, 1.54) is 5.56 Å². The SMILES string of the molecule is C#CCN1CCCc2ccc(OC(=O)Nc3ccccc3Br)cc21. The Hall–Kier alpha value is -2.45. The van der Waals surface area contributed by atoms with Crippen LogP contribution in [-0.2, 0) is 6.42 Å². The lowest BCUT2D eigenvalue weighted by Gasteiger charge is -2.29. The number of carbonyl (C=O) groups is 1. The average molecular weight is 385 g/mol. The molecule has 0 atom stereocenters. The Morgan fingerprint density at radius 3 is 2.96 bits per heavy atom. The summed E-state index contributed by atoms with van der Waals surface area (Å²) < 4.78 is 6.22. The first-order valence-corrected chi connectivity index (χ1v) is 8.51. The summed E-state index contributed by atoms with van der Waals surface area (Å²) in [5.74, 6) is 3.18. The molecule has 0 spiro atoms. The van der Waals surface area contributed by atoms with Crippen LogP contribution in [0.4, 0.5) is 16.2 Å². The molecule has 2 aromatic rings. The van der Waals surface area contributed by atoms with E-state index in [0.29, 0.717) is 18.0 Å². The maximum absolute atomic E-state index is 12.1. The number of aryl methyl sites for hydroxylation is 1. The topological polar surface area (TPSA) is 41.6 Å². The number of para-hydroxylation sites is 1. The number of benzene rings is 2. The van der Waals surface area contributed by atoms with E-state index in [-0.39, 0.29) is 0 Å². The number of rotatable bonds is 3. The van der Waals surface area contributed by atoms with E-state index in [0.717, 1.165) is 29.5 Å². The number of hydrogen-bond donors (Lipinski definition) is 1. The van der Waals surface area contributed by atoms with Gasteiger partial charge in [0.1, 0.15) is 5.75 Å². The molecule has 3 rings (SSSR count). The van der Waals surface area contributed by atoms with Gasteiger partial charge in [-0.25, -0.2) is 4.79 Å². The summed E-state index contributed by atoms with van der Waals surface area (Å²) in [5, 5.41) is 2.72. The van der Waals surface area contributed by atoms with E-state index in [9.17, 15) is 4.79 Å². The number of anilines is 2. The summed E-state index contributed by atoms with van der Waals surface area (Å²) in [5.41, 5.74) is 2.94. The fourth-order valence-electron chi connectivity index (χ4n) is 2.77. The van der Waals surface area contributed by atoms with Crippen molar-refractivity contribution in [2.45, 2.75) is 12.8 Å². The van der Waals surface area contributed by atoms with Crippen molar-refractivity contribution in [1.82, 2.24) is 0 Å². The Bertz CT molecular complexity index is 798. The molecule has 0 saturated heterocycles. The minimum Gasteiger partial charge on any atom is -0.410 e. The van der Waals surface area contributed by atoms with Crippen LogP contribution in [0.25, 0.3) is 0 Å². The molecule has 1 heterocycles. The van der Waals surface area contributed by atoms with E-state index in [4.69, 9.17) is 11.2 Å². The first-order valence-electron chi connectivity index (χ1n) is 7.72. The highest BCUT2D eigenvalue weighted by molar-refractivity contribution is 9.10. The van der Waals surface area contributed by atoms with E-state index < -0.39 is 6.09 Å². The predicted octanol–water partition coefficient (Wildman–Crippen LogP) is 4.45. The van der Waals surface area contributed by atoms with Gasteiger partial charge < -0.3 is 9.64 Å². The Kier molecular flexibility index (Phi) is 5.07. The van der Waals surface area contributed by atoms with Crippen LogP contribution in [0, 0.1) is 12.3 Å². The molecule has 1 aliphatic heterocycles. The van der Waals surface area contributed by atoms with Crippen LogP contribution >= 0.6 is 15.9 Å². The van der Waals surface area contributed by atoms with Crippen LogP contribution in [0.5, 0.6) is 5.75 Å². The number of nitrogens with zero attached hydrogens (tertiary/aromatic N) is 1. The predicted molar refractivity (Wildman–Crippen MR) is 99.6 cm³/mol. The zero-order valence-electron chi connectivity index (χ0n) is 13.1. The Labute approximate surface area is 149 Å². The maximum atomic E-state index is 12.1. The summed E-state index contributed by atoms with van der Waals surface area (Å²) in [6.07, 6.45) is 7.01.